The predicted molar refractivity (Wildman–Crippen MR) is 112 cm³/mol. The molecule has 4 aromatic rings. The number of hydrogen-bond acceptors (Lipinski definition) is 4. The van der Waals surface area contributed by atoms with Crippen LogP contribution < -0.4 is 5.43 Å². The molecule has 3 N–H and O–H groups in total. The molecule has 28 heavy (non-hydrogen) atoms. The first-order valence-corrected chi connectivity index (χ1v) is 9.26. The van der Waals surface area contributed by atoms with E-state index in [9.17, 15) is 9.90 Å². The van der Waals surface area contributed by atoms with Crippen LogP contribution in [0.1, 0.15) is 15.9 Å². The van der Waals surface area contributed by atoms with Crippen molar-refractivity contribution < 1.29 is 9.90 Å². The molecule has 0 saturated heterocycles. The Labute approximate surface area is 169 Å². The molecule has 0 saturated carbocycles. The number of rotatable bonds is 4. The molecule has 0 aliphatic heterocycles. The summed E-state index contributed by atoms with van der Waals surface area (Å²) in [5, 5.41) is 13.5. The highest BCUT2D eigenvalue weighted by molar-refractivity contribution is 9.10. The standard InChI is InChI=1S/C21H15BrN4O2/c22-16-10-13(6-9-19(16)27)12-23-26-21(28)15-7-8-17-18(11-15)25-20(24-17)14-4-2-1-3-5-14/h1-12,27H,(H,24,25)(H,26,28)/b23-12+. The van der Waals surface area contributed by atoms with Crippen molar-refractivity contribution in [2.45, 2.75) is 0 Å². The van der Waals surface area contributed by atoms with Crippen LogP contribution in [0.5, 0.6) is 5.75 Å². The third kappa shape index (κ3) is 3.79. The Bertz CT molecular complexity index is 1190. The van der Waals surface area contributed by atoms with Crippen LogP contribution >= 0.6 is 15.9 Å². The number of nitrogens with one attached hydrogen (secondary N) is 2. The van der Waals surface area contributed by atoms with Gasteiger partial charge >= 0.3 is 0 Å². The van der Waals surface area contributed by atoms with E-state index in [4.69, 9.17) is 0 Å². The zero-order valence-corrected chi connectivity index (χ0v) is 16.1. The summed E-state index contributed by atoms with van der Waals surface area (Å²) in [5.74, 6) is 0.569. The average Bonchev–Trinajstić information content (AvgIpc) is 3.14. The Balaban J connectivity index is 1.51. The summed E-state index contributed by atoms with van der Waals surface area (Å²) in [6, 6.07) is 20.0. The van der Waals surface area contributed by atoms with Crippen LogP contribution in [0.3, 0.4) is 0 Å². The molecule has 0 unspecified atom stereocenters. The number of nitrogens with zero attached hydrogens (tertiary/aromatic N) is 2. The van der Waals surface area contributed by atoms with Crippen molar-refractivity contribution in [3.05, 3.63) is 82.3 Å². The molecule has 7 heteroatoms. The maximum atomic E-state index is 12.4. The number of hydrogen-bond donors (Lipinski definition) is 3. The Hall–Kier alpha value is -3.45. The number of phenols is 1. The monoisotopic (exact) mass is 434 g/mol. The Morgan fingerprint density at radius 3 is 2.71 bits per heavy atom. The van der Waals surface area contributed by atoms with Crippen LogP contribution in [0, 0.1) is 0 Å². The van der Waals surface area contributed by atoms with E-state index < -0.39 is 0 Å². The van der Waals surface area contributed by atoms with E-state index in [1.54, 1.807) is 36.4 Å². The Morgan fingerprint density at radius 1 is 1.11 bits per heavy atom. The lowest BCUT2D eigenvalue weighted by molar-refractivity contribution is 0.0955. The molecule has 1 aromatic heterocycles. The number of aromatic hydroxyl groups is 1. The van der Waals surface area contributed by atoms with Crippen molar-refractivity contribution >= 4 is 39.1 Å². The lowest BCUT2D eigenvalue weighted by Crippen LogP contribution is -2.17. The summed E-state index contributed by atoms with van der Waals surface area (Å²) < 4.78 is 0.557. The molecule has 0 spiro atoms. The minimum atomic E-state index is -0.327. The van der Waals surface area contributed by atoms with Gasteiger partial charge in [0, 0.05) is 11.1 Å². The summed E-state index contributed by atoms with van der Waals surface area (Å²) in [6.07, 6.45) is 1.50. The molecule has 138 valence electrons. The molecule has 0 aliphatic carbocycles. The van der Waals surface area contributed by atoms with E-state index >= 15 is 0 Å². The van der Waals surface area contributed by atoms with E-state index in [1.807, 2.05) is 30.3 Å². The minimum absolute atomic E-state index is 0.143. The lowest BCUT2D eigenvalue weighted by atomic mass is 10.2. The van der Waals surface area contributed by atoms with E-state index in [0.29, 0.717) is 10.0 Å². The first-order valence-electron chi connectivity index (χ1n) is 8.47. The number of fused-ring (bicyclic) bond motifs is 1. The Kier molecular flexibility index (Phi) is 4.90. The van der Waals surface area contributed by atoms with Crippen molar-refractivity contribution in [2.24, 2.45) is 5.10 Å². The number of halogens is 1. The number of amides is 1. The van der Waals surface area contributed by atoms with Crippen LogP contribution in [0.4, 0.5) is 0 Å². The van der Waals surface area contributed by atoms with Gasteiger partial charge in [0.15, 0.2) is 0 Å². The second kappa shape index (κ2) is 7.66. The predicted octanol–water partition coefficient (Wildman–Crippen LogP) is 4.46. The fraction of sp³-hybridized carbons (Fsp3) is 0. The average molecular weight is 435 g/mol. The molecular weight excluding hydrogens is 420 g/mol. The Morgan fingerprint density at radius 2 is 1.93 bits per heavy atom. The third-order valence-electron chi connectivity index (χ3n) is 4.14. The van der Waals surface area contributed by atoms with Crippen molar-refractivity contribution in [3.63, 3.8) is 0 Å². The summed E-state index contributed by atoms with van der Waals surface area (Å²) in [6.45, 7) is 0. The minimum Gasteiger partial charge on any atom is -0.507 e. The van der Waals surface area contributed by atoms with Crippen LogP contribution in [0.25, 0.3) is 22.4 Å². The number of aromatic amines is 1. The third-order valence-corrected chi connectivity index (χ3v) is 4.78. The zero-order valence-electron chi connectivity index (χ0n) is 14.6. The van der Waals surface area contributed by atoms with Gasteiger partial charge in [-0.25, -0.2) is 10.4 Å². The van der Waals surface area contributed by atoms with Gasteiger partial charge in [-0.2, -0.15) is 5.10 Å². The first-order chi connectivity index (χ1) is 13.6. The normalized spacial score (nSPS) is 11.2. The van der Waals surface area contributed by atoms with Crippen LogP contribution in [-0.2, 0) is 0 Å². The van der Waals surface area contributed by atoms with E-state index in [2.05, 4.69) is 36.4 Å². The molecule has 4 rings (SSSR count). The number of benzene rings is 3. The van der Waals surface area contributed by atoms with Crippen molar-refractivity contribution in [1.82, 2.24) is 15.4 Å². The summed E-state index contributed by atoms with van der Waals surface area (Å²) in [7, 11) is 0. The number of phenolic OH excluding ortho intramolecular Hbond substituents is 1. The molecule has 0 radical (unpaired) electrons. The molecule has 0 bridgehead atoms. The number of aromatic nitrogens is 2. The second-order valence-corrected chi connectivity index (χ2v) is 6.95. The van der Waals surface area contributed by atoms with Gasteiger partial charge in [0.2, 0.25) is 0 Å². The summed E-state index contributed by atoms with van der Waals surface area (Å²) in [4.78, 5) is 20.2. The van der Waals surface area contributed by atoms with Gasteiger partial charge in [0.05, 0.1) is 21.7 Å². The van der Waals surface area contributed by atoms with Gasteiger partial charge in [-0.15, -0.1) is 0 Å². The molecule has 6 nitrogen and oxygen atoms in total. The number of H-pyrrole nitrogens is 1. The van der Waals surface area contributed by atoms with Crippen LogP contribution in [-0.4, -0.2) is 27.2 Å². The van der Waals surface area contributed by atoms with E-state index in [-0.39, 0.29) is 11.7 Å². The maximum Gasteiger partial charge on any atom is 0.271 e. The molecular formula is C21H15BrN4O2. The van der Waals surface area contributed by atoms with Gasteiger partial charge < -0.3 is 10.1 Å². The topological polar surface area (TPSA) is 90.4 Å². The van der Waals surface area contributed by atoms with Crippen LogP contribution in [0.15, 0.2) is 76.3 Å². The highest BCUT2D eigenvalue weighted by Gasteiger charge is 2.09. The molecule has 0 aliphatic rings. The quantitative estimate of drug-likeness (QED) is 0.327. The van der Waals surface area contributed by atoms with Gasteiger partial charge in [-0.05, 0) is 57.9 Å². The van der Waals surface area contributed by atoms with E-state index in [1.165, 1.54) is 6.21 Å². The SMILES string of the molecule is O=C(N/N=C/c1ccc(O)c(Br)c1)c1ccc2nc(-c3ccccc3)[nH]c2c1. The van der Waals surface area contributed by atoms with Crippen molar-refractivity contribution in [1.29, 1.82) is 0 Å². The largest absolute Gasteiger partial charge is 0.507 e. The summed E-state index contributed by atoms with van der Waals surface area (Å²) >= 11 is 3.24. The first kappa shape index (κ1) is 17.9. The van der Waals surface area contributed by atoms with E-state index in [0.717, 1.165) is 28.0 Å². The highest BCUT2D eigenvalue weighted by atomic mass is 79.9. The van der Waals surface area contributed by atoms with Crippen molar-refractivity contribution in [3.8, 4) is 17.1 Å². The fourth-order valence-electron chi connectivity index (χ4n) is 2.72. The number of carbonyl (C=O) groups excluding carboxylic acids is 1. The van der Waals surface area contributed by atoms with Gasteiger partial charge in [0.25, 0.3) is 5.91 Å². The molecule has 0 atom stereocenters. The lowest BCUT2D eigenvalue weighted by Gasteiger charge is -2.01. The maximum absolute atomic E-state index is 12.4. The molecule has 3 aromatic carbocycles. The van der Waals surface area contributed by atoms with Crippen molar-refractivity contribution in [2.75, 3.05) is 0 Å². The van der Waals surface area contributed by atoms with Gasteiger partial charge in [0.1, 0.15) is 11.6 Å². The molecule has 1 heterocycles. The number of imidazole rings is 1. The van der Waals surface area contributed by atoms with Crippen LogP contribution in [0.2, 0.25) is 0 Å². The second-order valence-electron chi connectivity index (χ2n) is 6.09. The summed E-state index contributed by atoms with van der Waals surface area (Å²) in [5.41, 5.74) is 6.25. The number of hydrazone groups is 1. The fourth-order valence-corrected chi connectivity index (χ4v) is 3.11. The smallest absolute Gasteiger partial charge is 0.271 e. The molecule has 0 fully saturated rings. The highest BCUT2D eigenvalue weighted by Crippen LogP contribution is 2.23. The van der Waals surface area contributed by atoms with Gasteiger partial charge in [-0.3, -0.25) is 4.79 Å². The zero-order chi connectivity index (χ0) is 19.5. The van der Waals surface area contributed by atoms with Gasteiger partial charge in [-0.1, -0.05) is 30.3 Å². The molecule has 1 amide bonds. The number of carbonyl (C=O) groups is 1.